The van der Waals surface area contributed by atoms with Crippen molar-refractivity contribution in [3.63, 3.8) is 0 Å². The van der Waals surface area contributed by atoms with Crippen LogP contribution in [-0.4, -0.2) is 28.4 Å². The van der Waals surface area contributed by atoms with Gasteiger partial charge in [0.1, 0.15) is 9.71 Å². The fourth-order valence-electron chi connectivity index (χ4n) is 2.66. The number of unbranched alkanes of at least 4 members (excludes halogenated alkanes) is 1. The van der Waals surface area contributed by atoms with Crippen molar-refractivity contribution >= 4 is 33.1 Å². The molecule has 2 N–H and O–H groups in total. The monoisotopic (exact) mass is 303 g/mol. The lowest BCUT2D eigenvalue weighted by molar-refractivity contribution is 0.0746. The number of nitrogens with two attached hydrogens (primary N) is 1. The SMILES string of the molecule is CCCCN(C(=O)c1sc2nccc(C)c2c1N)C1CC1. The van der Waals surface area contributed by atoms with Crippen molar-refractivity contribution in [3.8, 4) is 0 Å². The predicted molar refractivity (Wildman–Crippen MR) is 87.7 cm³/mol. The van der Waals surface area contributed by atoms with E-state index in [1.807, 2.05) is 17.9 Å². The number of amides is 1. The van der Waals surface area contributed by atoms with Crippen molar-refractivity contribution in [2.75, 3.05) is 12.3 Å². The maximum Gasteiger partial charge on any atom is 0.266 e. The van der Waals surface area contributed by atoms with E-state index in [9.17, 15) is 4.79 Å². The number of aryl methyl sites for hydroxylation is 1. The van der Waals surface area contributed by atoms with Gasteiger partial charge in [-0.25, -0.2) is 4.98 Å². The first-order chi connectivity index (χ1) is 10.1. The largest absolute Gasteiger partial charge is 0.397 e. The second-order valence-corrected chi connectivity index (χ2v) is 6.74. The van der Waals surface area contributed by atoms with Crippen molar-refractivity contribution in [1.29, 1.82) is 0 Å². The molecule has 2 aromatic heterocycles. The summed E-state index contributed by atoms with van der Waals surface area (Å²) in [5.74, 6) is 0.0888. The van der Waals surface area contributed by atoms with Crippen LogP contribution in [0.1, 0.15) is 47.8 Å². The van der Waals surface area contributed by atoms with Crippen LogP contribution >= 0.6 is 11.3 Å². The molecule has 1 aliphatic rings. The van der Waals surface area contributed by atoms with E-state index in [1.54, 1.807) is 6.20 Å². The Bertz CT molecular complexity index is 675. The summed E-state index contributed by atoms with van der Waals surface area (Å²) in [5.41, 5.74) is 7.94. The van der Waals surface area contributed by atoms with Crippen LogP contribution in [0.15, 0.2) is 12.3 Å². The summed E-state index contributed by atoms with van der Waals surface area (Å²) in [6.07, 6.45) is 6.16. The lowest BCUT2D eigenvalue weighted by Crippen LogP contribution is -2.33. The Morgan fingerprint density at radius 1 is 1.52 bits per heavy atom. The van der Waals surface area contributed by atoms with Gasteiger partial charge in [0.15, 0.2) is 0 Å². The van der Waals surface area contributed by atoms with Crippen LogP contribution in [0.25, 0.3) is 10.2 Å². The summed E-state index contributed by atoms with van der Waals surface area (Å²) in [5, 5.41) is 0.942. The van der Waals surface area contributed by atoms with Gasteiger partial charge in [-0.2, -0.15) is 0 Å². The molecule has 0 unspecified atom stereocenters. The minimum absolute atomic E-state index is 0.0888. The van der Waals surface area contributed by atoms with Crippen LogP contribution in [0.4, 0.5) is 5.69 Å². The molecule has 1 amide bonds. The number of anilines is 1. The van der Waals surface area contributed by atoms with Gasteiger partial charge >= 0.3 is 0 Å². The van der Waals surface area contributed by atoms with Gasteiger partial charge in [-0.15, -0.1) is 11.3 Å². The van der Waals surface area contributed by atoms with Crippen molar-refractivity contribution < 1.29 is 4.79 Å². The number of nitrogen functional groups attached to an aromatic ring is 1. The molecule has 2 aromatic rings. The number of hydrogen-bond donors (Lipinski definition) is 1. The van der Waals surface area contributed by atoms with E-state index in [1.165, 1.54) is 11.3 Å². The Morgan fingerprint density at radius 2 is 2.29 bits per heavy atom. The van der Waals surface area contributed by atoms with Crippen LogP contribution in [0.5, 0.6) is 0 Å². The van der Waals surface area contributed by atoms with Gasteiger partial charge in [0.05, 0.1) is 5.69 Å². The summed E-state index contributed by atoms with van der Waals surface area (Å²) in [4.78, 5) is 20.8. The second-order valence-electron chi connectivity index (χ2n) is 5.74. The van der Waals surface area contributed by atoms with Gasteiger partial charge in [0.25, 0.3) is 5.91 Å². The molecule has 0 spiro atoms. The number of hydrogen-bond acceptors (Lipinski definition) is 4. The fraction of sp³-hybridized carbons (Fsp3) is 0.500. The maximum absolute atomic E-state index is 12.9. The molecule has 1 aliphatic carbocycles. The lowest BCUT2D eigenvalue weighted by Gasteiger charge is -2.21. The molecular formula is C16H21N3OS. The molecule has 0 bridgehead atoms. The maximum atomic E-state index is 12.9. The molecule has 0 aromatic carbocycles. The Labute approximate surface area is 129 Å². The van der Waals surface area contributed by atoms with Gasteiger partial charge in [0, 0.05) is 24.2 Å². The Morgan fingerprint density at radius 3 is 2.90 bits per heavy atom. The number of thiophene rings is 1. The quantitative estimate of drug-likeness (QED) is 0.918. The first-order valence-electron chi connectivity index (χ1n) is 7.58. The zero-order chi connectivity index (χ0) is 15.0. The van der Waals surface area contributed by atoms with Crippen LogP contribution in [0, 0.1) is 6.92 Å². The fourth-order valence-corrected chi connectivity index (χ4v) is 3.75. The molecule has 5 heteroatoms. The summed E-state index contributed by atoms with van der Waals surface area (Å²) < 4.78 is 0. The highest BCUT2D eigenvalue weighted by Crippen LogP contribution is 2.37. The van der Waals surface area contributed by atoms with E-state index in [0.717, 1.165) is 48.0 Å². The number of pyridine rings is 1. The number of rotatable bonds is 5. The van der Waals surface area contributed by atoms with E-state index in [2.05, 4.69) is 11.9 Å². The predicted octanol–water partition coefficient (Wildman–Crippen LogP) is 3.59. The molecule has 0 aliphatic heterocycles. The minimum atomic E-state index is 0.0888. The van der Waals surface area contributed by atoms with Crippen molar-refractivity contribution in [2.24, 2.45) is 0 Å². The molecule has 112 valence electrons. The molecule has 0 saturated heterocycles. The van der Waals surface area contributed by atoms with Gasteiger partial charge in [-0.05, 0) is 37.8 Å². The van der Waals surface area contributed by atoms with Crippen LogP contribution in [-0.2, 0) is 0 Å². The zero-order valence-electron chi connectivity index (χ0n) is 12.6. The van der Waals surface area contributed by atoms with Gasteiger partial charge in [-0.1, -0.05) is 13.3 Å². The number of nitrogens with zero attached hydrogens (tertiary/aromatic N) is 2. The molecular weight excluding hydrogens is 282 g/mol. The van der Waals surface area contributed by atoms with E-state index < -0.39 is 0 Å². The lowest BCUT2D eigenvalue weighted by atomic mass is 10.1. The third kappa shape index (κ3) is 2.62. The highest BCUT2D eigenvalue weighted by atomic mass is 32.1. The first-order valence-corrected chi connectivity index (χ1v) is 8.39. The molecule has 0 radical (unpaired) electrons. The molecule has 21 heavy (non-hydrogen) atoms. The summed E-state index contributed by atoms with van der Waals surface area (Å²) in [7, 11) is 0. The smallest absolute Gasteiger partial charge is 0.266 e. The minimum Gasteiger partial charge on any atom is -0.397 e. The van der Waals surface area contributed by atoms with Crippen LogP contribution < -0.4 is 5.73 Å². The first kappa shape index (κ1) is 14.3. The number of aromatic nitrogens is 1. The summed E-state index contributed by atoms with van der Waals surface area (Å²) >= 11 is 1.43. The second kappa shape index (κ2) is 5.64. The number of fused-ring (bicyclic) bond motifs is 1. The van der Waals surface area contributed by atoms with Gasteiger partial charge in [0.2, 0.25) is 0 Å². The molecule has 3 rings (SSSR count). The average Bonchev–Trinajstić information content (AvgIpc) is 3.24. The van der Waals surface area contributed by atoms with Gasteiger partial charge < -0.3 is 10.6 Å². The van der Waals surface area contributed by atoms with Gasteiger partial charge in [-0.3, -0.25) is 4.79 Å². The Balaban J connectivity index is 1.96. The molecule has 2 heterocycles. The van der Waals surface area contributed by atoms with Crippen LogP contribution in [0.3, 0.4) is 0 Å². The molecule has 1 fully saturated rings. The standard InChI is InChI=1S/C16H21N3OS/c1-3-4-9-19(11-5-6-11)16(20)14-13(17)12-10(2)7-8-18-15(12)21-14/h7-8,11H,3-6,9,17H2,1-2H3. The van der Waals surface area contributed by atoms with E-state index in [4.69, 9.17) is 5.73 Å². The third-order valence-corrected chi connectivity index (χ3v) is 5.13. The van der Waals surface area contributed by atoms with Crippen molar-refractivity contribution in [1.82, 2.24) is 9.88 Å². The average molecular weight is 303 g/mol. The topological polar surface area (TPSA) is 59.2 Å². The van der Waals surface area contributed by atoms with Crippen molar-refractivity contribution in [3.05, 3.63) is 22.7 Å². The molecule has 1 saturated carbocycles. The zero-order valence-corrected chi connectivity index (χ0v) is 13.4. The Hall–Kier alpha value is -1.62. The highest BCUT2D eigenvalue weighted by molar-refractivity contribution is 7.21. The van der Waals surface area contributed by atoms with Crippen molar-refractivity contribution in [2.45, 2.75) is 45.6 Å². The van der Waals surface area contributed by atoms with Crippen LogP contribution in [0.2, 0.25) is 0 Å². The van der Waals surface area contributed by atoms with E-state index in [0.29, 0.717) is 16.6 Å². The van der Waals surface area contributed by atoms with E-state index in [-0.39, 0.29) is 5.91 Å². The third-order valence-electron chi connectivity index (χ3n) is 4.03. The Kier molecular flexibility index (Phi) is 3.85. The van der Waals surface area contributed by atoms with E-state index >= 15 is 0 Å². The normalized spacial score (nSPS) is 14.6. The molecule has 0 atom stereocenters. The summed E-state index contributed by atoms with van der Waals surface area (Å²) in [6.45, 7) is 4.99. The molecule has 4 nitrogen and oxygen atoms in total. The number of carbonyl (C=O) groups is 1. The number of carbonyl (C=O) groups excluding carboxylic acids is 1. The summed E-state index contributed by atoms with van der Waals surface area (Å²) in [6, 6.07) is 2.36. The highest BCUT2D eigenvalue weighted by Gasteiger charge is 2.34.